The summed E-state index contributed by atoms with van der Waals surface area (Å²) in [4.78, 5) is 23.5. The lowest BCUT2D eigenvalue weighted by molar-refractivity contribution is -0.125. The van der Waals surface area contributed by atoms with Crippen molar-refractivity contribution in [1.82, 2.24) is 10.2 Å². The van der Waals surface area contributed by atoms with E-state index >= 15 is 0 Å². The molecule has 1 fully saturated rings. The molecule has 6 heteroatoms. The Kier molecular flexibility index (Phi) is 2.47. The summed E-state index contributed by atoms with van der Waals surface area (Å²) in [6.45, 7) is 0.0537. The third kappa shape index (κ3) is 1.81. The topological polar surface area (TPSA) is 75.4 Å². The van der Waals surface area contributed by atoms with Crippen molar-refractivity contribution in [2.24, 2.45) is 0 Å². The molecular formula is C10H10FN3O2. The second kappa shape index (κ2) is 3.80. The van der Waals surface area contributed by atoms with Gasteiger partial charge in [-0.05, 0) is 17.7 Å². The van der Waals surface area contributed by atoms with Crippen molar-refractivity contribution in [3.63, 3.8) is 0 Å². The first kappa shape index (κ1) is 10.4. The summed E-state index contributed by atoms with van der Waals surface area (Å²) in [7, 11) is 0. The maximum Gasteiger partial charge on any atom is 0.324 e. The number of nitrogens with two attached hydrogens (primary N) is 1. The van der Waals surface area contributed by atoms with Crippen LogP contribution in [0.4, 0.5) is 14.9 Å². The number of imide groups is 1. The number of hydrogen-bond donors (Lipinski definition) is 2. The van der Waals surface area contributed by atoms with Crippen LogP contribution in [0, 0.1) is 5.82 Å². The van der Waals surface area contributed by atoms with Gasteiger partial charge >= 0.3 is 6.03 Å². The molecule has 16 heavy (non-hydrogen) atoms. The van der Waals surface area contributed by atoms with E-state index in [0.717, 1.165) is 4.90 Å². The summed E-state index contributed by atoms with van der Waals surface area (Å²) in [5, 5.41) is 2.38. The summed E-state index contributed by atoms with van der Waals surface area (Å²) in [5.41, 5.74) is 5.88. The van der Waals surface area contributed by atoms with Crippen molar-refractivity contribution < 1.29 is 14.0 Å². The maximum absolute atomic E-state index is 13.1. The number of carbonyl (C=O) groups is 2. The minimum Gasteiger partial charge on any atom is -0.396 e. The van der Waals surface area contributed by atoms with Crippen molar-refractivity contribution >= 4 is 17.6 Å². The lowest BCUT2D eigenvalue weighted by Crippen LogP contribution is -2.30. The molecule has 1 heterocycles. The van der Waals surface area contributed by atoms with Crippen LogP contribution in [0.3, 0.4) is 0 Å². The normalized spacial score (nSPS) is 15.4. The smallest absolute Gasteiger partial charge is 0.324 e. The Hall–Kier alpha value is -2.11. The minimum absolute atomic E-state index is 0.00368. The quantitative estimate of drug-likeness (QED) is 0.565. The largest absolute Gasteiger partial charge is 0.396 e. The van der Waals surface area contributed by atoms with E-state index in [1.807, 2.05) is 0 Å². The van der Waals surface area contributed by atoms with Gasteiger partial charge in [-0.15, -0.1) is 0 Å². The molecule has 0 unspecified atom stereocenters. The number of benzene rings is 1. The fourth-order valence-electron chi connectivity index (χ4n) is 1.47. The van der Waals surface area contributed by atoms with Gasteiger partial charge in [0.05, 0.1) is 18.8 Å². The van der Waals surface area contributed by atoms with Crippen LogP contribution in [0.15, 0.2) is 18.2 Å². The Morgan fingerprint density at radius 2 is 2.19 bits per heavy atom. The van der Waals surface area contributed by atoms with Gasteiger partial charge in [0.15, 0.2) is 0 Å². The SMILES string of the molecule is Nc1ccc(CN2C(=O)CNC2=O)cc1F. The van der Waals surface area contributed by atoms with Gasteiger partial charge in [0.25, 0.3) is 0 Å². The molecule has 3 amide bonds. The van der Waals surface area contributed by atoms with Crippen molar-refractivity contribution in [2.75, 3.05) is 12.3 Å². The standard InChI is InChI=1S/C10H10FN3O2/c11-7-3-6(1-2-8(7)12)5-14-9(15)4-13-10(14)16/h1-3H,4-5,12H2,(H,13,16). The van der Waals surface area contributed by atoms with E-state index in [9.17, 15) is 14.0 Å². The van der Waals surface area contributed by atoms with Crippen molar-refractivity contribution in [1.29, 1.82) is 0 Å². The Balaban J connectivity index is 2.17. The predicted octanol–water partition coefficient (Wildman–Crippen LogP) is 0.460. The van der Waals surface area contributed by atoms with Crippen molar-refractivity contribution in [3.8, 4) is 0 Å². The Labute approximate surface area is 91.0 Å². The van der Waals surface area contributed by atoms with Gasteiger partial charge in [0.2, 0.25) is 5.91 Å². The average Bonchev–Trinajstić information content (AvgIpc) is 2.55. The molecule has 1 aromatic carbocycles. The van der Waals surface area contributed by atoms with Crippen LogP contribution in [0.25, 0.3) is 0 Å². The number of urea groups is 1. The van der Waals surface area contributed by atoms with Gasteiger partial charge < -0.3 is 11.1 Å². The van der Waals surface area contributed by atoms with Crippen LogP contribution in [0.2, 0.25) is 0 Å². The van der Waals surface area contributed by atoms with E-state index in [4.69, 9.17) is 5.73 Å². The number of amides is 3. The van der Waals surface area contributed by atoms with Crippen LogP contribution < -0.4 is 11.1 Å². The van der Waals surface area contributed by atoms with E-state index in [2.05, 4.69) is 5.32 Å². The molecule has 1 aliphatic heterocycles. The molecular weight excluding hydrogens is 213 g/mol. The first-order valence-corrected chi connectivity index (χ1v) is 4.70. The van der Waals surface area contributed by atoms with Crippen molar-refractivity contribution in [2.45, 2.75) is 6.54 Å². The summed E-state index contributed by atoms with van der Waals surface area (Å²) in [5.74, 6) is -0.869. The molecule has 3 N–H and O–H groups in total. The molecule has 1 aliphatic rings. The first-order valence-electron chi connectivity index (χ1n) is 4.70. The third-order valence-corrected chi connectivity index (χ3v) is 2.34. The number of nitrogens with zero attached hydrogens (tertiary/aromatic N) is 1. The third-order valence-electron chi connectivity index (χ3n) is 2.34. The highest BCUT2D eigenvalue weighted by Gasteiger charge is 2.28. The first-order chi connectivity index (χ1) is 7.58. The number of nitrogen functional groups attached to an aromatic ring is 1. The van der Waals surface area contributed by atoms with Gasteiger partial charge in [-0.1, -0.05) is 6.07 Å². The Bertz CT molecular complexity index is 445. The zero-order valence-corrected chi connectivity index (χ0v) is 8.37. The summed E-state index contributed by atoms with van der Waals surface area (Å²) in [6, 6.07) is 3.75. The van der Waals surface area contributed by atoms with Crippen LogP contribution in [0.1, 0.15) is 5.56 Å². The highest BCUT2D eigenvalue weighted by molar-refractivity contribution is 6.01. The summed E-state index contributed by atoms with van der Waals surface area (Å²) >= 11 is 0. The molecule has 5 nitrogen and oxygen atoms in total. The zero-order valence-electron chi connectivity index (χ0n) is 8.37. The molecule has 84 valence electrons. The number of nitrogens with one attached hydrogen (secondary N) is 1. The number of hydrogen-bond acceptors (Lipinski definition) is 3. The van der Waals surface area contributed by atoms with E-state index in [1.54, 1.807) is 6.07 Å². The highest BCUT2D eigenvalue weighted by Crippen LogP contribution is 2.14. The van der Waals surface area contributed by atoms with E-state index in [1.165, 1.54) is 12.1 Å². The fourth-order valence-corrected chi connectivity index (χ4v) is 1.47. The minimum atomic E-state index is -0.551. The molecule has 0 bridgehead atoms. The van der Waals surface area contributed by atoms with E-state index < -0.39 is 11.8 Å². The van der Waals surface area contributed by atoms with Crippen molar-refractivity contribution in [3.05, 3.63) is 29.6 Å². The van der Waals surface area contributed by atoms with Crippen LogP contribution in [-0.2, 0) is 11.3 Å². The molecule has 1 saturated heterocycles. The average molecular weight is 223 g/mol. The van der Waals surface area contributed by atoms with Crippen LogP contribution in [0.5, 0.6) is 0 Å². The van der Waals surface area contributed by atoms with Gasteiger partial charge in [0.1, 0.15) is 5.82 Å². The monoisotopic (exact) mass is 223 g/mol. The Morgan fingerprint density at radius 3 is 2.75 bits per heavy atom. The van der Waals surface area contributed by atoms with E-state index in [-0.39, 0.29) is 24.7 Å². The molecule has 0 aromatic heterocycles. The second-order valence-corrected chi connectivity index (χ2v) is 3.49. The lowest BCUT2D eigenvalue weighted by Gasteiger charge is -2.12. The number of halogens is 1. The summed E-state index contributed by atoms with van der Waals surface area (Å²) in [6.07, 6.45) is 0. The van der Waals surface area contributed by atoms with Crippen LogP contribution in [-0.4, -0.2) is 23.4 Å². The Morgan fingerprint density at radius 1 is 1.44 bits per heavy atom. The summed E-state index contributed by atoms with van der Waals surface area (Å²) < 4.78 is 13.1. The van der Waals surface area contributed by atoms with Gasteiger partial charge in [-0.3, -0.25) is 9.69 Å². The number of rotatable bonds is 2. The molecule has 0 atom stereocenters. The van der Waals surface area contributed by atoms with Gasteiger partial charge in [-0.25, -0.2) is 9.18 Å². The molecule has 2 rings (SSSR count). The second-order valence-electron chi connectivity index (χ2n) is 3.49. The number of anilines is 1. The molecule has 0 aliphatic carbocycles. The van der Waals surface area contributed by atoms with E-state index in [0.29, 0.717) is 5.56 Å². The highest BCUT2D eigenvalue weighted by atomic mass is 19.1. The lowest BCUT2D eigenvalue weighted by atomic mass is 10.2. The maximum atomic E-state index is 13.1. The zero-order chi connectivity index (χ0) is 11.7. The van der Waals surface area contributed by atoms with Gasteiger partial charge in [-0.2, -0.15) is 0 Å². The van der Waals surface area contributed by atoms with Crippen LogP contribution >= 0.6 is 0 Å². The fraction of sp³-hybridized carbons (Fsp3) is 0.200. The predicted molar refractivity (Wildman–Crippen MR) is 54.8 cm³/mol. The molecule has 1 aromatic rings. The molecule has 0 saturated carbocycles. The number of carbonyl (C=O) groups excluding carboxylic acids is 2. The van der Waals surface area contributed by atoms with Gasteiger partial charge in [0, 0.05) is 0 Å². The molecule has 0 radical (unpaired) electrons. The molecule has 0 spiro atoms.